The fourth-order valence-corrected chi connectivity index (χ4v) is 3.04. The quantitative estimate of drug-likeness (QED) is 0.792. The molecule has 19 heavy (non-hydrogen) atoms. The van der Waals surface area contributed by atoms with Crippen LogP contribution in [0.5, 0.6) is 0 Å². The van der Waals surface area contributed by atoms with Crippen molar-refractivity contribution in [2.24, 2.45) is 5.41 Å². The van der Waals surface area contributed by atoms with E-state index >= 15 is 0 Å². The summed E-state index contributed by atoms with van der Waals surface area (Å²) >= 11 is 0. The summed E-state index contributed by atoms with van der Waals surface area (Å²) in [4.78, 5) is 0. The maximum Gasteiger partial charge on any atom is 0.132 e. The van der Waals surface area contributed by atoms with Gasteiger partial charge in [0.2, 0.25) is 0 Å². The Morgan fingerprint density at radius 3 is 2.68 bits per heavy atom. The van der Waals surface area contributed by atoms with Crippen LogP contribution >= 0.6 is 0 Å². The summed E-state index contributed by atoms with van der Waals surface area (Å²) in [6, 6.07) is 0. The van der Waals surface area contributed by atoms with Gasteiger partial charge in [0.05, 0.1) is 12.2 Å². The highest BCUT2D eigenvalue weighted by atomic mass is 16.5. The molecule has 0 aromatic heterocycles. The number of hydrogen-bond acceptors (Lipinski definition) is 3. The summed E-state index contributed by atoms with van der Waals surface area (Å²) in [7, 11) is 1.71. The average Bonchev–Trinajstić information content (AvgIpc) is 2.45. The normalized spacial score (nSPS) is 40.9. The van der Waals surface area contributed by atoms with Crippen LogP contribution in [0.1, 0.15) is 47.0 Å². The third-order valence-corrected chi connectivity index (χ3v) is 4.57. The van der Waals surface area contributed by atoms with Crippen molar-refractivity contribution in [3.05, 3.63) is 23.5 Å². The van der Waals surface area contributed by atoms with E-state index in [-0.39, 0.29) is 11.5 Å². The Balaban J connectivity index is 2.48. The lowest BCUT2D eigenvalue weighted by Gasteiger charge is -2.43. The van der Waals surface area contributed by atoms with Crippen molar-refractivity contribution in [1.29, 1.82) is 0 Å². The fourth-order valence-electron chi connectivity index (χ4n) is 3.04. The maximum atomic E-state index is 10.6. The van der Waals surface area contributed by atoms with Gasteiger partial charge in [0.25, 0.3) is 0 Å². The first kappa shape index (κ1) is 14.6. The van der Waals surface area contributed by atoms with Crippen molar-refractivity contribution in [2.45, 2.75) is 64.8 Å². The van der Waals surface area contributed by atoms with E-state index in [1.54, 1.807) is 7.11 Å². The van der Waals surface area contributed by atoms with E-state index in [4.69, 9.17) is 9.47 Å². The standard InChI is InChI=1S/C16H26O3/c1-11-7-6-8-16(4)13(17)10-15(2,3)14(18-5)9-12(11)19-16/h7,9,13-14,17H,6,8,10H2,1-5H3/b12-9-/t13-,14-,16+/m0/s1. The minimum atomic E-state index is -0.504. The first-order valence-electron chi connectivity index (χ1n) is 7.07. The molecule has 3 heteroatoms. The molecule has 2 aliphatic heterocycles. The number of hydrogen-bond donors (Lipinski definition) is 1. The predicted molar refractivity (Wildman–Crippen MR) is 75.8 cm³/mol. The molecular formula is C16H26O3. The summed E-state index contributed by atoms with van der Waals surface area (Å²) in [5, 5.41) is 10.6. The van der Waals surface area contributed by atoms with Gasteiger partial charge in [-0.2, -0.15) is 0 Å². The lowest BCUT2D eigenvalue weighted by molar-refractivity contribution is -0.117. The van der Waals surface area contributed by atoms with E-state index in [2.05, 4.69) is 32.9 Å². The minimum absolute atomic E-state index is 0.0526. The van der Waals surface area contributed by atoms with Crippen LogP contribution in [0.15, 0.2) is 23.5 Å². The number of rotatable bonds is 1. The number of ether oxygens (including phenoxy) is 2. The van der Waals surface area contributed by atoms with Crippen LogP contribution in [0.25, 0.3) is 0 Å². The molecule has 1 N–H and O–H groups in total. The fraction of sp³-hybridized carbons (Fsp3) is 0.750. The van der Waals surface area contributed by atoms with Gasteiger partial charge in [-0.3, -0.25) is 0 Å². The highest BCUT2D eigenvalue weighted by Gasteiger charge is 2.44. The van der Waals surface area contributed by atoms with Gasteiger partial charge < -0.3 is 14.6 Å². The second-order valence-electron chi connectivity index (χ2n) is 6.74. The number of aliphatic hydroxyl groups excluding tert-OH is 1. The van der Waals surface area contributed by atoms with Gasteiger partial charge >= 0.3 is 0 Å². The molecule has 108 valence electrons. The molecule has 0 aromatic carbocycles. The molecule has 0 unspecified atom stereocenters. The van der Waals surface area contributed by atoms with E-state index in [0.717, 1.165) is 24.2 Å². The van der Waals surface area contributed by atoms with Gasteiger partial charge in [-0.05, 0) is 50.2 Å². The van der Waals surface area contributed by atoms with E-state index in [1.807, 2.05) is 6.92 Å². The van der Waals surface area contributed by atoms with Crippen LogP contribution in [0.4, 0.5) is 0 Å². The smallest absolute Gasteiger partial charge is 0.132 e. The molecule has 2 rings (SSSR count). The first-order valence-corrected chi connectivity index (χ1v) is 7.07. The van der Waals surface area contributed by atoms with Crippen LogP contribution in [0.2, 0.25) is 0 Å². The van der Waals surface area contributed by atoms with E-state index in [9.17, 15) is 5.11 Å². The molecule has 0 aromatic rings. The molecule has 0 radical (unpaired) electrons. The van der Waals surface area contributed by atoms with E-state index < -0.39 is 11.7 Å². The molecule has 2 bridgehead atoms. The Bertz CT molecular complexity index is 408. The third kappa shape index (κ3) is 2.72. The molecule has 3 nitrogen and oxygen atoms in total. The lowest BCUT2D eigenvalue weighted by Crippen LogP contribution is -2.47. The van der Waals surface area contributed by atoms with Crippen LogP contribution in [0, 0.1) is 5.41 Å². The van der Waals surface area contributed by atoms with Crippen LogP contribution in [0.3, 0.4) is 0 Å². The summed E-state index contributed by atoms with van der Waals surface area (Å²) < 4.78 is 11.8. The van der Waals surface area contributed by atoms with E-state index in [0.29, 0.717) is 6.42 Å². The summed E-state index contributed by atoms with van der Waals surface area (Å²) in [5.41, 5.74) is 0.515. The van der Waals surface area contributed by atoms with Gasteiger partial charge in [-0.25, -0.2) is 0 Å². The molecule has 2 aliphatic rings. The monoisotopic (exact) mass is 266 g/mol. The highest BCUT2D eigenvalue weighted by Crippen LogP contribution is 2.41. The SMILES string of the molecule is CO[C@H]1/C=C2\O[C@](C)(CCC=C2C)[C@@H](O)CC1(C)C. The van der Waals surface area contributed by atoms with Gasteiger partial charge in [0, 0.05) is 7.11 Å². The van der Waals surface area contributed by atoms with Crippen molar-refractivity contribution in [2.75, 3.05) is 7.11 Å². The predicted octanol–water partition coefficient (Wildman–Crippen LogP) is 3.19. The summed E-state index contributed by atoms with van der Waals surface area (Å²) in [6.45, 7) is 8.36. The summed E-state index contributed by atoms with van der Waals surface area (Å²) in [5.74, 6) is 0.860. The molecule has 3 atom stereocenters. The van der Waals surface area contributed by atoms with Crippen LogP contribution in [-0.4, -0.2) is 30.0 Å². The number of aliphatic hydroxyl groups is 1. The van der Waals surface area contributed by atoms with Crippen LogP contribution < -0.4 is 0 Å². The second-order valence-corrected chi connectivity index (χ2v) is 6.74. The third-order valence-electron chi connectivity index (χ3n) is 4.57. The largest absolute Gasteiger partial charge is 0.485 e. The average molecular weight is 266 g/mol. The second kappa shape index (κ2) is 4.95. The molecule has 0 saturated carbocycles. The zero-order valence-corrected chi connectivity index (χ0v) is 12.7. The van der Waals surface area contributed by atoms with Crippen molar-refractivity contribution >= 4 is 0 Å². The van der Waals surface area contributed by atoms with Crippen molar-refractivity contribution in [3.8, 4) is 0 Å². The molecule has 0 aliphatic carbocycles. The highest BCUT2D eigenvalue weighted by molar-refractivity contribution is 5.28. The Labute approximate surface area is 116 Å². The van der Waals surface area contributed by atoms with Crippen LogP contribution in [-0.2, 0) is 9.47 Å². The number of allylic oxidation sites excluding steroid dienone is 2. The van der Waals surface area contributed by atoms with Gasteiger partial charge in [0.1, 0.15) is 11.4 Å². The Hall–Kier alpha value is -0.800. The van der Waals surface area contributed by atoms with E-state index in [1.165, 1.54) is 0 Å². The van der Waals surface area contributed by atoms with Gasteiger partial charge in [-0.15, -0.1) is 0 Å². The number of fused-ring (bicyclic) bond motifs is 2. The first-order chi connectivity index (χ1) is 8.78. The molecule has 0 amide bonds. The van der Waals surface area contributed by atoms with Crippen molar-refractivity contribution in [3.63, 3.8) is 0 Å². The molecular weight excluding hydrogens is 240 g/mol. The minimum Gasteiger partial charge on any atom is -0.485 e. The molecule has 0 spiro atoms. The van der Waals surface area contributed by atoms with Gasteiger partial charge in [-0.1, -0.05) is 19.9 Å². The molecule has 0 saturated heterocycles. The lowest BCUT2D eigenvalue weighted by atomic mass is 9.75. The number of methoxy groups -OCH3 is 1. The zero-order valence-electron chi connectivity index (χ0n) is 12.7. The topological polar surface area (TPSA) is 38.7 Å². The summed E-state index contributed by atoms with van der Waals surface area (Å²) in [6.07, 6.45) is 6.18. The zero-order chi connectivity index (χ0) is 14.3. The Morgan fingerprint density at radius 1 is 1.37 bits per heavy atom. The molecule has 0 fully saturated rings. The van der Waals surface area contributed by atoms with Crippen molar-refractivity contribution < 1.29 is 14.6 Å². The Morgan fingerprint density at radius 2 is 2.05 bits per heavy atom. The molecule has 2 heterocycles. The maximum absolute atomic E-state index is 10.6. The Kier molecular flexibility index (Phi) is 3.80. The van der Waals surface area contributed by atoms with Gasteiger partial charge in [0.15, 0.2) is 0 Å². The van der Waals surface area contributed by atoms with Crippen molar-refractivity contribution in [1.82, 2.24) is 0 Å².